The molecule has 4 nitrogen and oxygen atoms in total. The fourth-order valence-electron chi connectivity index (χ4n) is 2.39. The van der Waals surface area contributed by atoms with Crippen molar-refractivity contribution in [2.45, 2.75) is 19.4 Å². The number of aromatic amines is 1. The Balaban J connectivity index is 2.00. The molecule has 0 spiro atoms. The van der Waals surface area contributed by atoms with Gasteiger partial charge in [-0.05, 0) is 44.1 Å². The van der Waals surface area contributed by atoms with Gasteiger partial charge < -0.3 is 4.98 Å². The Labute approximate surface area is 110 Å². The highest BCUT2D eigenvalue weighted by Crippen LogP contribution is 2.15. The Morgan fingerprint density at radius 3 is 2.89 bits per heavy atom. The second-order valence-electron chi connectivity index (χ2n) is 4.66. The number of halogens is 1. The molecule has 1 aliphatic heterocycles. The largest absolute Gasteiger partial charge is 0.309 e. The smallest absolute Gasteiger partial charge is 0.258 e. The van der Waals surface area contributed by atoms with Crippen molar-refractivity contribution in [2.75, 3.05) is 13.1 Å². The van der Waals surface area contributed by atoms with E-state index in [0.29, 0.717) is 22.5 Å². The third kappa shape index (κ3) is 2.26. The van der Waals surface area contributed by atoms with E-state index >= 15 is 0 Å². The molecule has 0 amide bonds. The number of benzene rings is 1. The van der Waals surface area contributed by atoms with E-state index in [1.165, 1.54) is 12.8 Å². The van der Waals surface area contributed by atoms with Crippen molar-refractivity contribution in [1.82, 2.24) is 14.9 Å². The van der Waals surface area contributed by atoms with Gasteiger partial charge in [0.05, 0.1) is 17.4 Å². The van der Waals surface area contributed by atoms with E-state index in [4.69, 9.17) is 11.6 Å². The van der Waals surface area contributed by atoms with Crippen LogP contribution in [0.15, 0.2) is 23.0 Å². The lowest BCUT2D eigenvalue weighted by molar-refractivity contribution is 0.322. The van der Waals surface area contributed by atoms with E-state index < -0.39 is 0 Å². The van der Waals surface area contributed by atoms with E-state index in [1.807, 2.05) is 0 Å². The van der Waals surface area contributed by atoms with Gasteiger partial charge in [0.1, 0.15) is 5.82 Å². The molecule has 0 aliphatic carbocycles. The Hall–Kier alpha value is -1.39. The highest BCUT2D eigenvalue weighted by Gasteiger charge is 2.13. The molecule has 1 aromatic heterocycles. The maximum Gasteiger partial charge on any atom is 0.258 e. The minimum atomic E-state index is -0.0918. The fourth-order valence-corrected chi connectivity index (χ4v) is 2.55. The van der Waals surface area contributed by atoms with E-state index in [9.17, 15) is 4.79 Å². The first kappa shape index (κ1) is 11.7. The Kier molecular flexibility index (Phi) is 3.06. The third-order valence-electron chi connectivity index (χ3n) is 3.29. The van der Waals surface area contributed by atoms with Crippen LogP contribution >= 0.6 is 11.6 Å². The number of rotatable bonds is 2. The Morgan fingerprint density at radius 2 is 2.11 bits per heavy atom. The average Bonchev–Trinajstić information content (AvgIpc) is 2.81. The standard InChI is InChI=1S/C13H14ClN3O/c14-9-3-4-10-11(7-9)15-12(16-13(10)18)8-17-5-1-2-6-17/h3-4,7H,1-2,5-6,8H2,(H,15,16,18). The lowest BCUT2D eigenvalue weighted by Gasteiger charge is -2.13. The molecule has 1 N–H and O–H groups in total. The monoisotopic (exact) mass is 263 g/mol. The predicted octanol–water partition coefficient (Wildman–Crippen LogP) is 2.17. The van der Waals surface area contributed by atoms with Crippen molar-refractivity contribution in [3.63, 3.8) is 0 Å². The van der Waals surface area contributed by atoms with Crippen molar-refractivity contribution < 1.29 is 0 Å². The van der Waals surface area contributed by atoms with Gasteiger partial charge in [0, 0.05) is 5.02 Å². The van der Waals surface area contributed by atoms with Crippen molar-refractivity contribution in [1.29, 1.82) is 0 Å². The van der Waals surface area contributed by atoms with Crippen molar-refractivity contribution >= 4 is 22.5 Å². The summed E-state index contributed by atoms with van der Waals surface area (Å²) in [5.41, 5.74) is 0.575. The molecule has 0 atom stereocenters. The maximum atomic E-state index is 11.9. The molecule has 3 rings (SSSR count). The molecule has 0 saturated carbocycles. The van der Waals surface area contributed by atoms with Gasteiger partial charge in [-0.3, -0.25) is 9.69 Å². The molecule has 2 heterocycles. The molecular formula is C13H14ClN3O. The first-order valence-electron chi connectivity index (χ1n) is 6.13. The summed E-state index contributed by atoms with van der Waals surface area (Å²) in [5.74, 6) is 0.719. The number of hydrogen-bond acceptors (Lipinski definition) is 3. The van der Waals surface area contributed by atoms with Crippen LogP contribution in [0.5, 0.6) is 0 Å². The van der Waals surface area contributed by atoms with Crippen molar-refractivity contribution in [3.05, 3.63) is 39.4 Å². The Bertz CT molecular complexity index is 632. The van der Waals surface area contributed by atoms with E-state index in [1.54, 1.807) is 18.2 Å². The van der Waals surface area contributed by atoms with Crippen LogP contribution in [0.25, 0.3) is 10.9 Å². The van der Waals surface area contributed by atoms with Crippen molar-refractivity contribution in [2.24, 2.45) is 0 Å². The van der Waals surface area contributed by atoms with Gasteiger partial charge in [-0.15, -0.1) is 0 Å². The number of fused-ring (bicyclic) bond motifs is 1. The quantitative estimate of drug-likeness (QED) is 0.903. The van der Waals surface area contributed by atoms with Crippen LogP contribution in [0.2, 0.25) is 5.02 Å². The second kappa shape index (κ2) is 4.71. The summed E-state index contributed by atoms with van der Waals surface area (Å²) < 4.78 is 0. The molecule has 1 aliphatic rings. The van der Waals surface area contributed by atoms with Gasteiger partial charge in [0.25, 0.3) is 5.56 Å². The maximum absolute atomic E-state index is 11.9. The number of nitrogens with one attached hydrogen (secondary N) is 1. The summed E-state index contributed by atoms with van der Waals surface area (Å²) in [6.07, 6.45) is 2.45. The SMILES string of the molecule is O=c1[nH]c(CN2CCCC2)nc2cc(Cl)ccc12. The zero-order chi connectivity index (χ0) is 12.5. The average molecular weight is 264 g/mol. The minimum absolute atomic E-state index is 0.0918. The van der Waals surface area contributed by atoms with Crippen LogP contribution in [0.1, 0.15) is 18.7 Å². The summed E-state index contributed by atoms with van der Waals surface area (Å²) in [5, 5.41) is 1.19. The first-order chi connectivity index (χ1) is 8.72. The van der Waals surface area contributed by atoms with Crippen molar-refractivity contribution in [3.8, 4) is 0 Å². The number of H-pyrrole nitrogens is 1. The van der Waals surface area contributed by atoms with Crippen LogP contribution in [0, 0.1) is 0 Å². The highest BCUT2D eigenvalue weighted by atomic mass is 35.5. The molecule has 0 radical (unpaired) electrons. The van der Waals surface area contributed by atoms with Crippen LogP contribution in [0.3, 0.4) is 0 Å². The highest BCUT2D eigenvalue weighted by molar-refractivity contribution is 6.31. The molecule has 5 heteroatoms. The lowest BCUT2D eigenvalue weighted by Crippen LogP contribution is -2.22. The summed E-state index contributed by atoms with van der Waals surface area (Å²) in [6.45, 7) is 2.87. The lowest BCUT2D eigenvalue weighted by atomic mass is 10.2. The van der Waals surface area contributed by atoms with Crippen LogP contribution < -0.4 is 5.56 Å². The molecular weight excluding hydrogens is 250 g/mol. The van der Waals surface area contributed by atoms with Gasteiger partial charge in [-0.1, -0.05) is 11.6 Å². The predicted molar refractivity (Wildman–Crippen MR) is 71.9 cm³/mol. The van der Waals surface area contributed by atoms with E-state index in [0.717, 1.165) is 18.9 Å². The zero-order valence-corrected chi connectivity index (χ0v) is 10.7. The molecule has 1 aromatic carbocycles. The molecule has 1 fully saturated rings. The third-order valence-corrected chi connectivity index (χ3v) is 3.52. The van der Waals surface area contributed by atoms with Gasteiger partial charge in [0.15, 0.2) is 0 Å². The second-order valence-corrected chi connectivity index (χ2v) is 5.09. The summed E-state index contributed by atoms with van der Waals surface area (Å²) >= 11 is 5.93. The van der Waals surface area contributed by atoms with Gasteiger partial charge in [-0.2, -0.15) is 0 Å². The molecule has 2 aromatic rings. The molecule has 0 bridgehead atoms. The number of hydrogen-bond donors (Lipinski definition) is 1. The normalized spacial score (nSPS) is 16.5. The molecule has 94 valence electrons. The number of aromatic nitrogens is 2. The Morgan fingerprint density at radius 1 is 1.33 bits per heavy atom. The van der Waals surface area contributed by atoms with Gasteiger partial charge >= 0.3 is 0 Å². The van der Waals surface area contributed by atoms with Crippen LogP contribution in [0.4, 0.5) is 0 Å². The van der Waals surface area contributed by atoms with Crippen LogP contribution in [-0.4, -0.2) is 28.0 Å². The molecule has 1 saturated heterocycles. The van der Waals surface area contributed by atoms with E-state index in [2.05, 4.69) is 14.9 Å². The summed E-state index contributed by atoms with van der Waals surface area (Å²) in [7, 11) is 0. The first-order valence-corrected chi connectivity index (χ1v) is 6.51. The molecule has 18 heavy (non-hydrogen) atoms. The van der Waals surface area contributed by atoms with E-state index in [-0.39, 0.29) is 5.56 Å². The number of likely N-dealkylation sites (tertiary alicyclic amines) is 1. The number of nitrogens with zero attached hydrogens (tertiary/aromatic N) is 2. The van der Waals surface area contributed by atoms with Gasteiger partial charge in [0.2, 0.25) is 0 Å². The zero-order valence-electron chi connectivity index (χ0n) is 9.95. The van der Waals surface area contributed by atoms with Gasteiger partial charge in [-0.25, -0.2) is 4.98 Å². The summed E-state index contributed by atoms with van der Waals surface area (Å²) in [4.78, 5) is 21.6. The fraction of sp³-hybridized carbons (Fsp3) is 0.385. The topological polar surface area (TPSA) is 49.0 Å². The minimum Gasteiger partial charge on any atom is -0.309 e. The summed E-state index contributed by atoms with van der Waals surface area (Å²) in [6, 6.07) is 5.16. The molecule has 0 unspecified atom stereocenters. The van der Waals surface area contributed by atoms with Crippen LogP contribution in [-0.2, 0) is 6.54 Å².